The summed E-state index contributed by atoms with van der Waals surface area (Å²) < 4.78 is 32.1. The Kier molecular flexibility index (Phi) is 4.20. The molecular formula is C15H19N3O5S2. The second-order valence-corrected chi connectivity index (χ2v) is 9.22. The average molecular weight is 385 g/mol. The summed E-state index contributed by atoms with van der Waals surface area (Å²) >= 11 is 1.15. The third-order valence-corrected chi connectivity index (χ3v) is 7.88. The van der Waals surface area contributed by atoms with Crippen molar-refractivity contribution in [1.82, 2.24) is 14.1 Å². The van der Waals surface area contributed by atoms with Crippen LogP contribution in [0.5, 0.6) is 0 Å². The highest BCUT2D eigenvalue weighted by Crippen LogP contribution is 2.29. The number of thiophene rings is 1. The fourth-order valence-electron chi connectivity index (χ4n) is 3.54. The highest BCUT2D eigenvalue weighted by molar-refractivity contribution is 7.89. The quantitative estimate of drug-likeness (QED) is 0.768. The van der Waals surface area contributed by atoms with Crippen molar-refractivity contribution >= 4 is 33.4 Å². The number of hydrogen-bond donors (Lipinski definition) is 0. The summed E-state index contributed by atoms with van der Waals surface area (Å²) in [5.74, 6) is -0.285. The molecule has 1 atom stereocenters. The Morgan fingerprint density at radius 3 is 2.72 bits per heavy atom. The predicted octanol–water partition coefficient (Wildman–Crippen LogP) is 0.809. The summed E-state index contributed by atoms with van der Waals surface area (Å²) in [6, 6.07) is 1.37. The van der Waals surface area contributed by atoms with Crippen molar-refractivity contribution in [3.63, 3.8) is 0 Å². The normalized spacial score (nSPS) is 24.5. The number of rotatable bonds is 3. The Bertz CT molecular complexity index is 800. The summed E-state index contributed by atoms with van der Waals surface area (Å²) in [5, 5.41) is 1.65. The van der Waals surface area contributed by atoms with Gasteiger partial charge in [0.2, 0.25) is 10.0 Å². The maximum absolute atomic E-state index is 12.9. The minimum Gasteiger partial charge on any atom is -0.447 e. The zero-order valence-corrected chi connectivity index (χ0v) is 15.2. The molecule has 0 spiro atoms. The number of fused-ring (bicyclic) bond motifs is 1. The molecule has 1 aromatic heterocycles. The van der Waals surface area contributed by atoms with Crippen LogP contribution in [0.1, 0.15) is 22.5 Å². The lowest BCUT2D eigenvalue weighted by Crippen LogP contribution is -2.53. The van der Waals surface area contributed by atoms with Crippen molar-refractivity contribution in [1.29, 1.82) is 0 Å². The van der Waals surface area contributed by atoms with E-state index in [-0.39, 0.29) is 34.4 Å². The van der Waals surface area contributed by atoms with Gasteiger partial charge in [-0.05, 0) is 24.3 Å². The minimum absolute atomic E-state index is 0.102. The van der Waals surface area contributed by atoms with Gasteiger partial charge in [0.25, 0.3) is 5.91 Å². The molecule has 10 heteroatoms. The van der Waals surface area contributed by atoms with Gasteiger partial charge in [-0.3, -0.25) is 9.69 Å². The topological polar surface area (TPSA) is 87.2 Å². The van der Waals surface area contributed by atoms with Crippen LogP contribution < -0.4 is 0 Å². The Balaban J connectivity index is 1.56. The summed E-state index contributed by atoms with van der Waals surface area (Å²) in [4.78, 5) is 28.1. The van der Waals surface area contributed by atoms with Gasteiger partial charge in [-0.25, -0.2) is 13.2 Å². The van der Waals surface area contributed by atoms with Gasteiger partial charge in [-0.2, -0.15) is 4.31 Å². The SMILES string of the molecule is O=C(c1sccc1S(=O)(=O)N1CCCC1)N1CCN2C(=O)OC[C@@H]2C1. The number of ether oxygens (including phenoxy) is 1. The highest BCUT2D eigenvalue weighted by atomic mass is 32.2. The number of amides is 2. The summed E-state index contributed by atoms with van der Waals surface area (Å²) in [6.07, 6.45) is 1.36. The molecule has 0 N–H and O–H groups in total. The number of piperazine rings is 1. The number of carbonyl (C=O) groups excluding carboxylic acids is 2. The molecule has 4 rings (SSSR count). The van der Waals surface area contributed by atoms with E-state index in [0.717, 1.165) is 24.2 Å². The Morgan fingerprint density at radius 1 is 1.20 bits per heavy atom. The van der Waals surface area contributed by atoms with Crippen molar-refractivity contribution < 1.29 is 22.7 Å². The molecule has 1 aromatic rings. The van der Waals surface area contributed by atoms with E-state index in [1.165, 1.54) is 10.4 Å². The standard InChI is InChI=1S/C15H19N3O5S2/c19-14(16-6-7-18-11(9-16)10-23-15(18)20)13-12(3-8-24-13)25(21,22)17-4-1-2-5-17/h3,8,11H,1-2,4-7,9-10H2/t11-/m0/s1. The molecule has 136 valence electrons. The van der Waals surface area contributed by atoms with Gasteiger partial charge >= 0.3 is 6.09 Å². The molecule has 0 unspecified atom stereocenters. The minimum atomic E-state index is -3.63. The van der Waals surface area contributed by atoms with E-state index < -0.39 is 10.0 Å². The number of sulfonamides is 1. The molecule has 4 heterocycles. The van der Waals surface area contributed by atoms with E-state index in [1.807, 2.05) is 0 Å². The van der Waals surface area contributed by atoms with Crippen LogP contribution in [0, 0.1) is 0 Å². The van der Waals surface area contributed by atoms with Crippen LogP contribution in [0.3, 0.4) is 0 Å². The van der Waals surface area contributed by atoms with Gasteiger partial charge in [0, 0.05) is 32.7 Å². The van der Waals surface area contributed by atoms with Crippen molar-refractivity contribution in [3.05, 3.63) is 16.3 Å². The van der Waals surface area contributed by atoms with E-state index in [4.69, 9.17) is 4.74 Å². The summed E-state index contributed by atoms with van der Waals surface area (Å²) in [7, 11) is -3.63. The molecule has 3 aliphatic rings. The van der Waals surface area contributed by atoms with Gasteiger partial charge < -0.3 is 9.64 Å². The van der Waals surface area contributed by atoms with E-state index in [0.29, 0.717) is 32.7 Å². The molecule has 3 saturated heterocycles. The second kappa shape index (κ2) is 6.26. The lowest BCUT2D eigenvalue weighted by molar-refractivity contribution is 0.0618. The molecule has 0 bridgehead atoms. The van der Waals surface area contributed by atoms with Crippen LogP contribution in [0.2, 0.25) is 0 Å². The summed E-state index contributed by atoms with van der Waals surface area (Å²) in [6.45, 7) is 2.44. The second-order valence-electron chi connectivity index (χ2n) is 6.40. The molecule has 0 aliphatic carbocycles. The number of cyclic esters (lactones) is 1. The molecule has 0 aromatic carbocycles. The Morgan fingerprint density at radius 2 is 1.96 bits per heavy atom. The molecule has 0 saturated carbocycles. The lowest BCUT2D eigenvalue weighted by atomic mass is 10.2. The van der Waals surface area contributed by atoms with E-state index in [2.05, 4.69) is 0 Å². The molecule has 3 aliphatic heterocycles. The van der Waals surface area contributed by atoms with Crippen molar-refractivity contribution in [2.45, 2.75) is 23.8 Å². The predicted molar refractivity (Wildman–Crippen MR) is 90.1 cm³/mol. The fraction of sp³-hybridized carbons (Fsp3) is 0.600. The smallest absolute Gasteiger partial charge is 0.410 e. The molecule has 8 nitrogen and oxygen atoms in total. The number of nitrogens with zero attached hydrogens (tertiary/aromatic N) is 3. The first-order valence-electron chi connectivity index (χ1n) is 8.29. The molecule has 25 heavy (non-hydrogen) atoms. The van der Waals surface area contributed by atoms with Gasteiger partial charge in [0.1, 0.15) is 16.4 Å². The van der Waals surface area contributed by atoms with Crippen molar-refractivity contribution in [3.8, 4) is 0 Å². The first-order chi connectivity index (χ1) is 12.0. The first kappa shape index (κ1) is 16.8. The zero-order chi connectivity index (χ0) is 17.6. The summed E-state index contributed by atoms with van der Waals surface area (Å²) in [5.41, 5.74) is 0. The van der Waals surface area contributed by atoms with E-state index >= 15 is 0 Å². The fourth-order valence-corrected chi connectivity index (χ4v) is 6.42. The number of hydrogen-bond acceptors (Lipinski definition) is 6. The van der Waals surface area contributed by atoms with Crippen molar-refractivity contribution in [2.24, 2.45) is 0 Å². The van der Waals surface area contributed by atoms with Crippen LogP contribution in [-0.2, 0) is 14.8 Å². The van der Waals surface area contributed by atoms with E-state index in [1.54, 1.807) is 15.2 Å². The van der Waals surface area contributed by atoms with Gasteiger partial charge in [0.05, 0.1) is 6.04 Å². The first-order valence-corrected chi connectivity index (χ1v) is 10.6. The van der Waals surface area contributed by atoms with Gasteiger partial charge in [0.15, 0.2) is 0 Å². The molecule has 2 amide bonds. The van der Waals surface area contributed by atoms with Crippen LogP contribution in [0.25, 0.3) is 0 Å². The maximum atomic E-state index is 12.9. The maximum Gasteiger partial charge on any atom is 0.410 e. The third kappa shape index (κ3) is 2.81. The Labute approximate surface area is 150 Å². The van der Waals surface area contributed by atoms with Crippen LogP contribution in [0.15, 0.2) is 16.3 Å². The van der Waals surface area contributed by atoms with Gasteiger partial charge in [-0.1, -0.05) is 0 Å². The molecular weight excluding hydrogens is 366 g/mol. The molecule has 0 radical (unpaired) electrons. The highest BCUT2D eigenvalue weighted by Gasteiger charge is 2.40. The molecule has 3 fully saturated rings. The monoisotopic (exact) mass is 385 g/mol. The largest absolute Gasteiger partial charge is 0.447 e. The zero-order valence-electron chi connectivity index (χ0n) is 13.6. The average Bonchev–Trinajstić information content (AvgIpc) is 3.35. The van der Waals surface area contributed by atoms with Crippen LogP contribution in [-0.4, -0.2) is 79.9 Å². The van der Waals surface area contributed by atoms with Crippen LogP contribution >= 0.6 is 11.3 Å². The van der Waals surface area contributed by atoms with Crippen LogP contribution in [0.4, 0.5) is 4.79 Å². The van der Waals surface area contributed by atoms with E-state index in [9.17, 15) is 18.0 Å². The Hall–Kier alpha value is -1.65. The lowest BCUT2D eigenvalue weighted by Gasteiger charge is -2.35. The third-order valence-electron chi connectivity index (χ3n) is 4.91. The van der Waals surface area contributed by atoms with Crippen molar-refractivity contribution in [2.75, 3.05) is 39.3 Å². The number of carbonyl (C=O) groups is 2. The van der Waals surface area contributed by atoms with Gasteiger partial charge in [-0.15, -0.1) is 11.3 Å².